The molecule has 1 rings (SSSR count). The monoisotopic (exact) mass is 228 g/mol. The number of nitriles is 2. The summed E-state index contributed by atoms with van der Waals surface area (Å²) in [6.45, 7) is 4.51. The van der Waals surface area contributed by atoms with E-state index in [0.717, 1.165) is 17.7 Å². The molecule has 88 valence electrons. The summed E-state index contributed by atoms with van der Waals surface area (Å²) in [5, 5.41) is 17.9. The zero-order valence-electron chi connectivity index (χ0n) is 10.2. The molecule has 1 aromatic carbocycles. The molecule has 0 spiro atoms. The summed E-state index contributed by atoms with van der Waals surface area (Å²) in [4.78, 5) is 0. The maximum Gasteiger partial charge on any atom is 0.119 e. The van der Waals surface area contributed by atoms with Crippen LogP contribution >= 0.6 is 0 Å². The Morgan fingerprint density at radius 2 is 1.88 bits per heavy atom. The first-order valence-corrected chi connectivity index (χ1v) is 5.68. The predicted octanol–water partition coefficient (Wildman–Crippen LogP) is 3.17. The Morgan fingerprint density at radius 1 is 1.24 bits per heavy atom. The average molecular weight is 228 g/mol. The molecule has 0 aliphatic rings. The quantitative estimate of drug-likeness (QED) is 0.777. The van der Waals surface area contributed by atoms with Crippen molar-refractivity contribution in [2.45, 2.75) is 32.1 Å². The van der Waals surface area contributed by atoms with E-state index in [0.29, 0.717) is 6.61 Å². The molecule has 1 atom stereocenters. The lowest BCUT2D eigenvalue weighted by atomic mass is 9.81. The smallest absolute Gasteiger partial charge is 0.119 e. The van der Waals surface area contributed by atoms with Gasteiger partial charge in [-0.3, -0.25) is 0 Å². The Labute approximate surface area is 102 Å². The van der Waals surface area contributed by atoms with Gasteiger partial charge in [0.05, 0.1) is 30.6 Å². The Hall–Kier alpha value is -2.00. The third-order valence-corrected chi connectivity index (χ3v) is 2.64. The molecule has 0 aliphatic carbocycles. The van der Waals surface area contributed by atoms with Crippen LogP contribution in [0.25, 0.3) is 0 Å². The molecule has 17 heavy (non-hydrogen) atoms. The van der Waals surface area contributed by atoms with E-state index in [4.69, 9.17) is 15.3 Å². The van der Waals surface area contributed by atoms with Crippen LogP contribution in [0, 0.1) is 22.7 Å². The third-order valence-electron chi connectivity index (χ3n) is 2.64. The van der Waals surface area contributed by atoms with Crippen molar-refractivity contribution in [1.82, 2.24) is 0 Å². The number of rotatable bonds is 5. The van der Waals surface area contributed by atoms with Gasteiger partial charge >= 0.3 is 0 Å². The number of hydrogen-bond acceptors (Lipinski definition) is 3. The molecule has 0 aliphatic heterocycles. The number of ether oxygens (including phenoxy) is 1. The largest absolute Gasteiger partial charge is 0.494 e. The van der Waals surface area contributed by atoms with Gasteiger partial charge in [-0.25, -0.2) is 0 Å². The van der Waals surface area contributed by atoms with Gasteiger partial charge in [-0.1, -0.05) is 19.1 Å². The van der Waals surface area contributed by atoms with Gasteiger partial charge in [0.1, 0.15) is 5.75 Å². The van der Waals surface area contributed by atoms with Crippen LogP contribution in [-0.4, -0.2) is 6.61 Å². The molecule has 3 heteroatoms. The molecule has 0 saturated carbocycles. The fourth-order valence-corrected chi connectivity index (χ4v) is 1.50. The molecule has 0 heterocycles. The van der Waals surface area contributed by atoms with Crippen molar-refractivity contribution in [3.8, 4) is 17.9 Å². The second kappa shape index (κ2) is 5.92. The van der Waals surface area contributed by atoms with Gasteiger partial charge < -0.3 is 4.74 Å². The summed E-state index contributed by atoms with van der Waals surface area (Å²) in [6, 6.07) is 11.6. The van der Waals surface area contributed by atoms with Crippen LogP contribution in [0.4, 0.5) is 0 Å². The molecule has 0 bridgehead atoms. The van der Waals surface area contributed by atoms with Crippen molar-refractivity contribution in [2.24, 2.45) is 0 Å². The lowest BCUT2D eigenvalue weighted by Gasteiger charge is -2.18. The van der Waals surface area contributed by atoms with E-state index >= 15 is 0 Å². The summed E-state index contributed by atoms with van der Waals surface area (Å²) >= 11 is 0. The molecule has 0 unspecified atom stereocenters. The van der Waals surface area contributed by atoms with Crippen molar-refractivity contribution in [3.63, 3.8) is 0 Å². The second-order valence-electron chi connectivity index (χ2n) is 4.15. The maximum atomic E-state index is 9.15. The topological polar surface area (TPSA) is 56.8 Å². The van der Waals surface area contributed by atoms with Crippen LogP contribution < -0.4 is 4.74 Å². The van der Waals surface area contributed by atoms with E-state index in [2.05, 4.69) is 12.1 Å². The predicted molar refractivity (Wildman–Crippen MR) is 65.4 cm³/mol. The lowest BCUT2D eigenvalue weighted by Crippen LogP contribution is -2.18. The average Bonchev–Trinajstić information content (AvgIpc) is 2.37. The summed E-state index contributed by atoms with van der Waals surface area (Å²) in [5.74, 6) is 0.799. The van der Waals surface area contributed by atoms with Gasteiger partial charge in [-0.05, 0) is 31.0 Å². The van der Waals surface area contributed by atoms with E-state index < -0.39 is 5.41 Å². The summed E-state index contributed by atoms with van der Waals surface area (Å²) < 4.78 is 5.47. The molecular formula is C14H16N2O. The Morgan fingerprint density at radius 3 is 2.35 bits per heavy atom. The highest BCUT2D eigenvalue weighted by Gasteiger charge is 2.26. The molecule has 0 amide bonds. The minimum Gasteiger partial charge on any atom is -0.494 e. The first kappa shape index (κ1) is 13.1. The highest BCUT2D eigenvalue weighted by atomic mass is 16.5. The number of nitrogens with zero attached hydrogens (tertiary/aromatic N) is 2. The summed E-state index contributed by atoms with van der Waals surface area (Å²) in [6.07, 6.45) is 1.16. The lowest BCUT2D eigenvalue weighted by molar-refractivity contribution is 0.317. The van der Waals surface area contributed by atoms with Crippen LogP contribution in [0.1, 0.15) is 32.3 Å². The van der Waals surface area contributed by atoms with Gasteiger partial charge in [0.2, 0.25) is 0 Å². The molecule has 0 radical (unpaired) electrons. The van der Waals surface area contributed by atoms with Crippen molar-refractivity contribution < 1.29 is 4.74 Å². The standard InChI is InChI=1S/C14H16N2O/c1-3-10-17-13-6-4-12(5-7-13)14(2,11-16)8-9-15/h4-7H,3,8,10H2,1-2H3/t14-/m1/s1. The second-order valence-corrected chi connectivity index (χ2v) is 4.15. The van der Waals surface area contributed by atoms with Crippen LogP contribution in [0.5, 0.6) is 5.75 Å². The Bertz CT molecular complexity index is 439. The normalized spacial score (nSPS) is 13.2. The van der Waals surface area contributed by atoms with E-state index in [1.807, 2.05) is 31.2 Å². The van der Waals surface area contributed by atoms with E-state index in [1.165, 1.54) is 0 Å². The van der Waals surface area contributed by atoms with Crippen molar-refractivity contribution in [2.75, 3.05) is 6.61 Å². The first-order valence-electron chi connectivity index (χ1n) is 5.68. The summed E-state index contributed by atoms with van der Waals surface area (Å²) in [5.41, 5.74) is 0.114. The highest BCUT2D eigenvalue weighted by molar-refractivity contribution is 5.36. The minimum atomic E-state index is -0.738. The van der Waals surface area contributed by atoms with Crippen LogP contribution in [0.3, 0.4) is 0 Å². The molecule has 1 aromatic rings. The molecule has 3 nitrogen and oxygen atoms in total. The van der Waals surface area contributed by atoms with Gasteiger partial charge in [0.25, 0.3) is 0 Å². The van der Waals surface area contributed by atoms with Gasteiger partial charge in [-0.2, -0.15) is 10.5 Å². The molecule has 0 aromatic heterocycles. The van der Waals surface area contributed by atoms with Crippen molar-refractivity contribution in [3.05, 3.63) is 29.8 Å². The van der Waals surface area contributed by atoms with E-state index in [-0.39, 0.29) is 6.42 Å². The zero-order chi connectivity index (χ0) is 12.7. The Kier molecular flexibility index (Phi) is 4.55. The van der Waals surface area contributed by atoms with Crippen LogP contribution in [0.15, 0.2) is 24.3 Å². The highest BCUT2D eigenvalue weighted by Crippen LogP contribution is 2.28. The number of benzene rings is 1. The number of hydrogen-bond donors (Lipinski definition) is 0. The molecule has 0 saturated heterocycles. The summed E-state index contributed by atoms with van der Waals surface area (Å²) in [7, 11) is 0. The van der Waals surface area contributed by atoms with Crippen LogP contribution in [-0.2, 0) is 5.41 Å². The van der Waals surface area contributed by atoms with E-state index in [1.54, 1.807) is 6.92 Å². The molecule has 0 fully saturated rings. The Balaban J connectivity index is 2.87. The van der Waals surface area contributed by atoms with Crippen molar-refractivity contribution >= 4 is 0 Å². The molecular weight excluding hydrogens is 212 g/mol. The SMILES string of the molecule is CCCOc1ccc([C@@](C)(C#N)CC#N)cc1. The first-order chi connectivity index (χ1) is 8.16. The van der Waals surface area contributed by atoms with Crippen LogP contribution in [0.2, 0.25) is 0 Å². The fourth-order valence-electron chi connectivity index (χ4n) is 1.50. The molecule has 0 N–H and O–H groups in total. The van der Waals surface area contributed by atoms with Gasteiger partial charge in [0, 0.05) is 0 Å². The van der Waals surface area contributed by atoms with Gasteiger partial charge in [0.15, 0.2) is 0 Å². The van der Waals surface area contributed by atoms with Crippen molar-refractivity contribution in [1.29, 1.82) is 10.5 Å². The zero-order valence-corrected chi connectivity index (χ0v) is 10.2. The van der Waals surface area contributed by atoms with Gasteiger partial charge in [-0.15, -0.1) is 0 Å². The fraction of sp³-hybridized carbons (Fsp3) is 0.429. The maximum absolute atomic E-state index is 9.15. The van der Waals surface area contributed by atoms with E-state index in [9.17, 15) is 0 Å². The third kappa shape index (κ3) is 3.23. The minimum absolute atomic E-state index is 0.193.